The third-order valence-corrected chi connectivity index (χ3v) is 11.4. The maximum absolute atomic E-state index is 6.80. The highest BCUT2D eigenvalue weighted by molar-refractivity contribution is 6.27. The zero-order valence-corrected chi connectivity index (χ0v) is 29.1. The van der Waals surface area contributed by atoms with Crippen LogP contribution in [0.15, 0.2) is 191 Å². The second-order valence-corrected chi connectivity index (χ2v) is 14.3. The number of para-hydroxylation sites is 1. The minimum Gasteiger partial charge on any atom is -0.455 e. The molecule has 0 saturated heterocycles. The van der Waals surface area contributed by atoms with Crippen LogP contribution in [-0.2, 0) is 0 Å². The van der Waals surface area contributed by atoms with Crippen LogP contribution >= 0.6 is 0 Å². The minimum absolute atomic E-state index is 0.843. The Morgan fingerprint density at radius 2 is 0.741 bits per heavy atom. The summed E-state index contributed by atoms with van der Waals surface area (Å²) < 4.78 is 13.5. The van der Waals surface area contributed by atoms with E-state index in [4.69, 9.17) is 8.83 Å². The van der Waals surface area contributed by atoms with Crippen molar-refractivity contribution in [1.29, 1.82) is 0 Å². The van der Waals surface area contributed by atoms with Gasteiger partial charge in [0.15, 0.2) is 0 Å². The van der Waals surface area contributed by atoms with Gasteiger partial charge in [0.1, 0.15) is 22.3 Å². The highest BCUT2D eigenvalue weighted by atomic mass is 16.3. The number of furan rings is 2. The van der Waals surface area contributed by atoms with E-state index in [0.717, 1.165) is 55.0 Å². The monoisotopic (exact) mass is 686 g/mol. The van der Waals surface area contributed by atoms with Gasteiger partial charge in [0.05, 0.1) is 5.56 Å². The Morgan fingerprint density at radius 3 is 1.44 bits per heavy atom. The standard InChI is InChI=1S/C52H30O2/c1-2-13-35-29-36(26-21-31(35)11-1)48-41-18-7-5-16-39(41)47(40-17-6-8-19-42(40)48)33-22-24-34(25-23-33)49-51-43(38-15-9-10-20-45(38)53-51)30-44-50-37-14-4-3-12-32(37)27-28-46(50)54-52(44)49/h1-30H. The molecular formula is C52H30O2. The van der Waals surface area contributed by atoms with Crippen LogP contribution in [0, 0.1) is 0 Å². The summed E-state index contributed by atoms with van der Waals surface area (Å²) in [4.78, 5) is 0. The molecule has 0 unspecified atom stereocenters. The summed E-state index contributed by atoms with van der Waals surface area (Å²) >= 11 is 0. The molecule has 0 aliphatic carbocycles. The van der Waals surface area contributed by atoms with Crippen LogP contribution in [0.4, 0.5) is 0 Å². The molecular weight excluding hydrogens is 657 g/mol. The Hall–Kier alpha value is -7.16. The molecule has 0 radical (unpaired) electrons. The molecule has 2 heterocycles. The number of fused-ring (bicyclic) bond motifs is 11. The fourth-order valence-electron chi connectivity index (χ4n) is 9.02. The summed E-state index contributed by atoms with van der Waals surface area (Å²) in [6, 6.07) is 65.6. The van der Waals surface area contributed by atoms with E-state index in [-0.39, 0.29) is 0 Å². The van der Waals surface area contributed by atoms with Gasteiger partial charge in [-0.3, -0.25) is 0 Å². The van der Waals surface area contributed by atoms with Gasteiger partial charge in [-0.05, 0) is 95.2 Å². The van der Waals surface area contributed by atoms with Gasteiger partial charge in [-0.2, -0.15) is 0 Å². The lowest BCUT2D eigenvalue weighted by Crippen LogP contribution is -1.91. The van der Waals surface area contributed by atoms with E-state index >= 15 is 0 Å². The topological polar surface area (TPSA) is 26.3 Å². The molecule has 0 bridgehead atoms. The maximum Gasteiger partial charge on any atom is 0.147 e. The van der Waals surface area contributed by atoms with Gasteiger partial charge >= 0.3 is 0 Å². The molecule has 0 saturated carbocycles. The third-order valence-electron chi connectivity index (χ3n) is 11.4. The van der Waals surface area contributed by atoms with E-state index in [1.54, 1.807) is 0 Å². The van der Waals surface area contributed by atoms with Crippen molar-refractivity contribution >= 4 is 87.0 Å². The fourth-order valence-corrected chi connectivity index (χ4v) is 9.02. The molecule has 10 aromatic carbocycles. The first-order valence-electron chi connectivity index (χ1n) is 18.5. The lowest BCUT2D eigenvalue weighted by atomic mass is 9.85. The Morgan fingerprint density at radius 1 is 0.259 bits per heavy atom. The lowest BCUT2D eigenvalue weighted by molar-refractivity contribution is 0.658. The molecule has 0 spiro atoms. The van der Waals surface area contributed by atoms with Gasteiger partial charge in [-0.15, -0.1) is 0 Å². The van der Waals surface area contributed by atoms with Gasteiger partial charge in [-0.1, -0.05) is 158 Å². The number of benzene rings is 10. The number of hydrogen-bond acceptors (Lipinski definition) is 2. The van der Waals surface area contributed by atoms with Gasteiger partial charge in [0.2, 0.25) is 0 Å². The summed E-state index contributed by atoms with van der Waals surface area (Å²) in [5.41, 5.74) is 10.4. The second kappa shape index (κ2) is 11.2. The van der Waals surface area contributed by atoms with Crippen molar-refractivity contribution in [3.05, 3.63) is 182 Å². The fraction of sp³-hybridized carbons (Fsp3) is 0. The van der Waals surface area contributed by atoms with Crippen LogP contribution in [0.2, 0.25) is 0 Å². The Bertz CT molecular complexity index is 3430. The number of rotatable bonds is 3. The average Bonchev–Trinajstić information content (AvgIpc) is 3.80. The van der Waals surface area contributed by atoms with E-state index in [2.05, 4.69) is 176 Å². The Kier molecular flexibility index (Phi) is 6.09. The van der Waals surface area contributed by atoms with Gasteiger partial charge in [0, 0.05) is 21.5 Å². The van der Waals surface area contributed by atoms with Crippen molar-refractivity contribution < 1.29 is 8.83 Å². The normalized spacial score (nSPS) is 12.1. The van der Waals surface area contributed by atoms with Crippen LogP contribution in [-0.4, -0.2) is 0 Å². The molecule has 250 valence electrons. The van der Waals surface area contributed by atoms with Crippen LogP contribution < -0.4 is 0 Å². The SMILES string of the molecule is c1ccc2cc(-c3c4ccccc4c(-c4ccc(-c5c6oc7ccccc7c6cc6c5oc5ccc7ccccc7c56)cc4)c4ccccc34)ccc2c1. The molecule has 2 aromatic heterocycles. The molecule has 0 aliphatic heterocycles. The molecule has 0 N–H and O–H groups in total. The molecule has 12 rings (SSSR count). The number of hydrogen-bond donors (Lipinski definition) is 0. The predicted octanol–water partition coefficient (Wildman–Crippen LogP) is 15.1. The van der Waals surface area contributed by atoms with E-state index in [9.17, 15) is 0 Å². The summed E-state index contributed by atoms with van der Waals surface area (Å²) in [5, 5.41) is 14.3. The van der Waals surface area contributed by atoms with Gasteiger partial charge in [0.25, 0.3) is 0 Å². The first kappa shape index (κ1) is 29.4. The van der Waals surface area contributed by atoms with Gasteiger partial charge in [-0.25, -0.2) is 0 Å². The Labute approximate surface area is 310 Å². The maximum atomic E-state index is 6.80. The Balaban J connectivity index is 1.11. The van der Waals surface area contributed by atoms with Crippen molar-refractivity contribution in [3.63, 3.8) is 0 Å². The van der Waals surface area contributed by atoms with E-state index < -0.39 is 0 Å². The highest BCUT2D eigenvalue weighted by Gasteiger charge is 2.23. The van der Waals surface area contributed by atoms with Crippen LogP contribution in [0.1, 0.15) is 0 Å². The molecule has 2 nitrogen and oxygen atoms in total. The zero-order valence-electron chi connectivity index (χ0n) is 29.1. The summed E-state index contributed by atoms with van der Waals surface area (Å²) in [6.07, 6.45) is 0. The average molecular weight is 687 g/mol. The molecule has 0 fully saturated rings. The largest absolute Gasteiger partial charge is 0.455 e. The van der Waals surface area contributed by atoms with Crippen LogP contribution in [0.3, 0.4) is 0 Å². The molecule has 0 amide bonds. The van der Waals surface area contributed by atoms with Crippen molar-refractivity contribution in [2.75, 3.05) is 0 Å². The first-order chi connectivity index (χ1) is 26.8. The zero-order chi connectivity index (χ0) is 35.3. The van der Waals surface area contributed by atoms with Crippen LogP contribution in [0.25, 0.3) is 120 Å². The van der Waals surface area contributed by atoms with Crippen LogP contribution in [0.5, 0.6) is 0 Å². The molecule has 12 aromatic rings. The summed E-state index contributed by atoms with van der Waals surface area (Å²) in [7, 11) is 0. The minimum atomic E-state index is 0.843. The highest BCUT2D eigenvalue weighted by Crippen LogP contribution is 2.48. The summed E-state index contributed by atoms with van der Waals surface area (Å²) in [6.45, 7) is 0. The molecule has 2 heteroatoms. The smallest absolute Gasteiger partial charge is 0.147 e. The van der Waals surface area contributed by atoms with E-state index in [1.165, 1.54) is 65.3 Å². The quantitative estimate of drug-likeness (QED) is 0.173. The molecule has 0 atom stereocenters. The van der Waals surface area contributed by atoms with Crippen molar-refractivity contribution in [1.82, 2.24) is 0 Å². The van der Waals surface area contributed by atoms with Crippen molar-refractivity contribution in [2.45, 2.75) is 0 Å². The first-order valence-corrected chi connectivity index (χ1v) is 18.5. The third kappa shape index (κ3) is 4.17. The van der Waals surface area contributed by atoms with Crippen molar-refractivity contribution in [2.24, 2.45) is 0 Å². The lowest BCUT2D eigenvalue weighted by Gasteiger charge is -2.18. The van der Waals surface area contributed by atoms with Crippen molar-refractivity contribution in [3.8, 4) is 33.4 Å². The molecule has 54 heavy (non-hydrogen) atoms. The second-order valence-electron chi connectivity index (χ2n) is 14.3. The summed E-state index contributed by atoms with van der Waals surface area (Å²) in [5.74, 6) is 0. The van der Waals surface area contributed by atoms with E-state index in [0.29, 0.717) is 0 Å². The molecule has 0 aliphatic rings. The van der Waals surface area contributed by atoms with Gasteiger partial charge < -0.3 is 8.83 Å². The predicted molar refractivity (Wildman–Crippen MR) is 227 cm³/mol. The van der Waals surface area contributed by atoms with E-state index in [1.807, 2.05) is 6.07 Å².